The fraction of sp³-hybridized carbons (Fsp3) is 0.0800. The number of rotatable bonds is 6. The third-order valence-corrected chi connectivity index (χ3v) is 5.56. The van der Waals surface area contributed by atoms with Gasteiger partial charge in [0.2, 0.25) is 0 Å². The molecule has 0 aliphatic carbocycles. The van der Waals surface area contributed by atoms with Crippen molar-refractivity contribution >= 4 is 52.8 Å². The average molecular weight is 515 g/mol. The van der Waals surface area contributed by atoms with Gasteiger partial charge in [0.05, 0.1) is 17.8 Å². The van der Waals surface area contributed by atoms with Gasteiger partial charge in [0.1, 0.15) is 18.0 Å². The quantitative estimate of drug-likeness (QED) is 0.352. The SMILES string of the molecule is COc1cc(/C=C2\C(=O)NC(=O)N(c3cccc(F)c3)C2=O)cc(Cl)c1OCc1ccc(Cl)cc1. The molecule has 10 heteroatoms. The number of methoxy groups -OCH3 is 1. The first kappa shape index (κ1) is 24.3. The fourth-order valence-corrected chi connectivity index (χ4v) is 3.77. The molecule has 0 bridgehead atoms. The van der Waals surface area contributed by atoms with Crippen molar-refractivity contribution in [2.24, 2.45) is 0 Å². The first-order valence-electron chi connectivity index (χ1n) is 10.2. The van der Waals surface area contributed by atoms with Crippen molar-refractivity contribution in [2.75, 3.05) is 12.0 Å². The Morgan fingerprint density at radius 2 is 1.77 bits per heavy atom. The van der Waals surface area contributed by atoms with Crippen molar-refractivity contribution in [1.82, 2.24) is 5.32 Å². The highest BCUT2D eigenvalue weighted by Crippen LogP contribution is 2.38. The lowest BCUT2D eigenvalue weighted by atomic mass is 10.1. The van der Waals surface area contributed by atoms with E-state index in [1.165, 1.54) is 43.5 Å². The monoisotopic (exact) mass is 514 g/mol. The summed E-state index contributed by atoms with van der Waals surface area (Å²) < 4.78 is 24.9. The Labute approximate surface area is 209 Å². The van der Waals surface area contributed by atoms with Crippen LogP contribution in [0.2, 0.25) is 10.0 Å². The number of hydrogen-bond acceptors (Lipinski definition) is 5. The molecule has 35 heavy (non-hydrogen) atoms. The van der Waals surface area contributed by atoms with Crippen molar-refractivity contribution in [3.05, 3.63) is 93.2 Å². The van der Waals surface area contributed by atoms with Gasteiger partial charge in [0.15, 0.2) is 11.5 Å². The molecule has 0 radical (unpaired) electrons. The van der Waals surface area contributed by atoms with E-state index in [0.717, 1.165) is 11.6 Å². The molecular weight excluding hydrogens is 498 g/mol. The van der Waals surface area contributed by atoms with Gasteiger partial charge in [-0.05, 0) is 59.7 Å². The molecule has 0 unspecified atom stereocenters. The second kappa shape index (κ2) is 10.2. The second-order valence-electron chi connectivity index (χ2n) is 7.39. The number of nitrogens with one attached hydrogen (secondary N) is 1. The lowest BCUT2D eigenvalue weighted by Crippen LogP contribution is -2.54. The van der Waals surface area contributed by atoms with Crippen LogP contribution in [0, 0.1) is 5.82 Å². The topological polar surface area (TPSA) is 84.9 Å². The largest absolute Gasteiger partial charge is 0.493 e. The second-order valence-corrected chi connectivity index (χ2v) is 8.23. The summed E-state index contributed by atoms with van der Waals surface area (Å²) in [5.74, 6) is -1.92. The highest BCUT2D eigenvalue weighted by molar-refractivity contribution is 6.39. The van der Waals surface area contributed by atoms with Crippen LogP contribution in [0.4, 0.5) is 14.9 Å². The highest BCUT2D eigenvalue weighted by Gasteiger charge is 2.37. The van der Waals surface area contributed by atoms with Gasteiger partial charge in [-0.2, -0.15) is 0 Å². The van der Waals surface area contributed by atoms with E-state index in [1.54, 1.807) is 24.3 Å². The minimum Gasteiger partial charge on any atom is -0.493 e. The van der Waals surface area contributed by atoms with Crippen molar-refractivity contribution in [2.45, 2.75) is 6.61 Å². The predicted octanol–water partition coefficient (Wildman–Crippen LogP) is 5.39. The van der Waals surface area contributed by atoms with Crippen LogP contribution >= 0.6 is 23.2 Å². The summed E-state index contributed by atoms with van der Waals surface area (Å²) in [6.07, 6.45) is 1.26. The molecule has 4 rings (SSSR count). The molecule has 1 saturated heterocycles. The number of nitrogens with zero attached hydrogens (tertiary/aromatic N) is 1. The van der Waals surface area contributed by atoms with Crippen LogP contribution in [-0.4, -0.2) is 25.0 Å². The number of imide groups is 2. The number of anilines is 1. The predicted molar refractivity (Wildman–Crippen MR) is 129 cm³/mol. The van der Waals surface area contributed by atoms with Gasteiger partial charge < -0.3 is 9.47 Å². The molecular formula is C25H17Cl2FN2O5. The van der Waals surface area contributed by atoms with E-state index in [-0.39, 0.29) is 34.4 Å². The molecule has 4 amide bonds. The van der Waals surface area contributed by atoms with Crippen LogP contribution in [0.3, 0.4) is 0 Å². The molecule has 7 nitrogen and oxygen atoms in total. The Morgan fingerprint density at radius 3 is 2.46 bits per heavy atom. The number of benzene rings is 3. The Balaban J connectivity index is 1.64. The maximum absolute atomic E-state index is 13.7. The summed E-state index contributed by atoms with van der Waals surface area (Å²) in [5, 5.41) is 2.85. The maximum Gasteiger partial charge on any atom is 0.335 e. The van der Waals surface area contributed by atoms with Crippen molar-refractivity contribution in [1.29, 1.82) is 0 Å². The number of amides is 4. The molecule has 3 aromatic rings. The minimum absolute atomic E-state index is 0.0209. The fourth-order valence-electron chi connectivity index (χ4n) is 3.37. The van der Waals surface area contributed by atoms with Crippen LogP contribution in [0.15, 0.2) is 66.2 Å². The van der Waals surface area contributed by atoms with Crippen molar-refractivity contribution in [3.8, 4) is 11.5 Å². The molecule has 0 spiro atoms. The van der Waals surface area contributed by atoms with Crippen LogP contribution in [0.1, 0.15) is 11.1 Å². The summed E-state index contributed by atoms with van der Waals surface area (Å²) in [4.78, 5) is 38.4. The molecule has 178 valence electrons. The lowest BCUT2D eigenvalue weighted by molar-refractivity contribution is -0.122. The molecule has 1 N–H and O–H groups in total. The van der Waals surface area contributed by atoms with E-state index < -0.39 is 23.7 Å². The molecule has 3 aromatic carbocycles. The normalized spacial score (nSPS) is 14.8. The number of urea groups is 1. The number of carbonyl (C=O) groups excluding carboxylic acids is 3. The number of carbonyl (C=O) groups is 3. The third kappa shape index (κ3) is 5.29. The van der Waals surface area contributed by atoms with E-state index in [1.807, 2.05) is 0 Å². The molecule has 1 aliphatic rings. The molecule has 1 aliphatic heterocycles. The summed E-state index contributed by atoms with van der Waals surface area (Å²) in [6, 6.07) is 14.0. The van der Waals surface area contributed by atoms with Crippen LogP contribution in [0.25, 0.3) is 6.08 Å². The average Bonchev–Trinajstić information content (AvgIpc) is 2.82. The Bertz CT molecular complexity index is 1360. The zero-order valence-electron chi connectivity index (χ0n) is 18.2. The van der Waals surface area contributed by atoms with E-state index in [2.05, 4.69) is 5.32 Å². The zero-order valence-corrected chi connectivity index (χ0v) is 19.7. The van der Waals surface area contributed by atoms with E-state index in [9.17, 15) is 18.8 Å². The first-order valence-corrected chi connectivity index (χ1v) is 10.9. The third-order valence-electron chi connectivity index (χ3n) is 5.03. The first-order chi connectivity index (χ1) is 16.8. The number of halogens is 3. The van der Waals surface area contributed by atoms with Gasteiger partial charge in [0, 0.05) is 5.02 Å². The van der Waals surface area contributed by atoms with Gasteiger partial charge in [-0.25, -0.2) is 14.1 Å². The van der Waals surface area contributed by atoms with E-state index >= 15 is 0 Å². The Morgan fingerprint density at radius 1 is 1.03 bits per heavy atom. The number of hydrogen-bond donors (Lipinski definition) is 1. The Hall–Kier alpha value is -3.88. The van der Waals surface area contributed by atoms with Gasteiger partial charge in [0.25, 0.3) is 11.8 Å². The zero-order chi connectivity index (χ0) is 25.1. The molecule has 1 fully saturated rings. The molecule has 1 heterocycles. The standard InChI is InChI=1S/C25H17Cl2FN2O5/c1-34-21-11-15(10-20(27)22(21)35-13-14-5-7-16(26)8-6-14)9-19-23(31)29-25(33)30(24(19)32)18-4-2-3-17(28)12-18/h2-12H,13H2,1H3,(H,29,31,33)/b19-9+. The van der Waals surface area contributed by atoms with Gasteiger partial charge in [-0.15, -0.1) is 0 Å². The van der Waals surface area contributed by atoms with E-state index in [0.29, 0.717) is 15.5 Å². The van der Waals surface area contributed by atoms with E-state index in [4.69, 9.17) is 32.7 Å². The Kier molecular flexibility index (Phi) is 7.04. The summed E-state index contributed by atoms with van der Waals surface area (Å²) in [5.41, 5.74) is 0.831. The molecule has 0 aromatic heterocycles. The van der Waals surface area contributed by atoms with Crippen LogP contribution in [0.5, 0.6) is 11.5 Å². The minimum atomic E-state index is -0.982. The van der Waals surface area contributed by atoms with Crippen LogP contribution < -0.4 is 19.7 Å². The molecule has 0 atom stereocenters. The summed E-state index contributed by atoms with van der Waals surface area (Å²) in [7, 11) is 1.42. The smallest absolute Gasteiger partial charge is 0.335 e. The summed E-state index contributed by atoms with van der Waals surface area (Å²) in [6.45, 7) is 0.194. The van der Waals surface area contributed by atoms with Gasteiger partial charge in [-0.1, -0.05) is 41.4 Å². The summed E-state index contributed by atoms with van der Waals surface area (Å²) >= 11 is 12.3. The van der Waals surface area contributed by atoms with Gasteiger partial charge in [-0.3, -0.25) is 14.9 Å². The number of barbiturate groups is 1. The highest BCUT2D eigenvalue weighted by atomic mass is 35.5. The van der Waals surface area contributed by atoms with Crippen molar-refractivity contribution in [3.63, 3.8) is 0 Å². The van der Waals surface area contributed by atoms with Crippen LogP contribution in [-0.2, 0) is 16.2 Å². The maximum atomic E-state index is 13.7. The number of ether oxygens (including phenoxy) is 2. The van der Waals surface area contributed by atoms with Crippen molar-refractivity contribution < 1.29 is 28.2 Å². The van der Waals surface area contributed by atoms with Gasteiger partial charge >= 0.3 is 6.03 Å². The lowest BCUT2D eigenvalue weighted by Gasteiger charge is -2.26. The molecule has 0 saturated carbocycles.